The van der Waals surface area contributed by atoms with Crippen LogP contribution in [0.4, 0.5) is 5.69 Å². The van der Waals surface area contributed by atoms with E-state index in [1.54, 1.807) is 12.1 Å². The number of amides is 1. The summed E-state index contributed by atoms with van der Waals surface area (Å²) >= 11 is 0. The lowest BCUT2D eigenvalue weighted by atomic mass is 10.1. The van der Waals surface area contributed by atoms with Crippen molar-refractivity contribution in [1.82, 2.24) is 10.2 Å². The number of esters is 1. The van der Waals surface area contributed by atoms with E-state index >= 15 is 0 Å². The van der Waals surface area contributed by atoms with Gasteiger partial charge in [-0.3, -0.25) is 4.79 Å². The SMILES string of the molecule is COC(=O)c1cc(C)ccc1NC(=O)CCc1nnc(-c2ccc(C)cc2)o1. The molecule has 1 amide bonds. The number of carbonyl (C=O) groups excluding carboxylic acids is 2. The highest BCUT2D eigenvalue weighted by atomic mass is 16.5. The molecule has 0 atom stereocenters. The molecular weight excluding hydrogens is 358 g/mol. The Morgan fingerprint density at radius 3 is 2.46 bits per heavy atom. The molecule has 3 aromatic rings. The number of hydrogen-bond donors (Lipinski definition) is 1. The number of anilines is 1. The molecule has 1 heterocycles. The first-order chi connectivity index (χ1) is 13.5. The van der Waals surface area contributed by atoms with Gasteiger partial charge in [0.05, 0.1) is 18.4 Å². The van der Waals surface area contributed by atoms with Gasteiger partial charge < -0.3 is 14.5 Å². The number of rotatable bonds is 6. The average molecular weight is 379 g/mol. The molecule has 1 N–H and O–H groups in total. The maximum atomic E-state index is 12.3. The Balaban J connectivity index is 1.62. The van der Waals surface area contributed by atoms with E-state index in [0.717, 1.165) is 16.7 Å². The Hall–Kier alpha value is -3.48. The molecule has 0 spiro atoms. The number of aromatic nitrogens is 2. The second-order valence-corrected chi connectivity index (χ2v) is 6.46. The second kappa shape index (κ2) is 8.47. The van der Waals surface area contributed by atoms with Crippen LogP contribution in [0.3, 0.4) is 0 Å². The Kier molecular flexibility index (Phi) is 5.84. The molecule has 0 bridgehead atoms. The molecule has 1 aromatic heterocycles. The van der Waals surface area contributed by atoms with Gasteiger partial charge in [0, 0.05) is 18.4 Å². The third kappa shape index (κ3) is 4.62. The van der Waals surface area contributed by atoms with Gasteiger partial charge in [0.1, 0.15) is 0 Å². The number of methoxy groups -OCH3 is 1. The lowest BCUT2D eigenvalue weighted by Crippen LogP contribution is -2.16. The fourth-order valence-corrected chi connectivity index (χ4v) is 2.65. The highest BCUT2D eigenvalue weighted by Crippen LogP contribution is 2.20. The van der Waals surface area contributed by atoms with E-state index in [1.165, 1.54) is 7.11 Å². The zero-order chi connectivity index (χ0) is 20.1. The van der Waals surface area contributed by atoms with Crippen LogP contribution in [0.25, 0.3) is 11.5 Å². The topological polar surface area (TPSA) is 94.3 Å². The van der Waals surface area contributed by atoms with E-state index in [1.807, 2.05) is 44.2 Å². The quantitative estimate of drug-likeness (QED) is 0.656. The number of hydrogen-bond acceptors (Lipinski definition) is 6. The summed E-state index contributed by atoms with van der Waals surface area (Å²) in [6.07, 6.45) is 0.439. The number of carbonyl (C=O) groups is 2. The third-order valence-electron chi connectivity index (χ3n) is 4.19. The number of nitrogens with one attached hydrogen (secondary N) is 1. The molecule has 0 aliphatic carbocycles. The van der Waals surface area contributed by atoms with E-state index in [4.69, 9.17) is 9.15 Å². The van der Waals surface area contributed by atoms with Gasteiger partial charge >= 0.3 is 5.97 Å². The largest absolute Gasteiger partial charge is 0.465 e. The summed E-state index contributed by atoms with van der Waals surface area (Å²) in [6.45, 7) is 3.86. The number of aryl methyl sites for hydroxylation is 3. The van der Waals surface area contributed by atoms with Crippen molar-refractivity contribution in [3.8, 4) is 11.5 Å². The highest BCUT2D eigenvalue weighted by Gasteiger charge is 2.15. The van der Waals surface area contributed by atoms with Crippen molar-refractivity contribution in [2.45, 2.75) is 26.7 Å². The summed E-state index contributed by atoms with van der Waals surface area (Å²) in [5.74, 6) is 0.0347. The van der Waals surface area contributed by atoms with Gasteiger partial charge in [-0.2, -0.15) is 0 Å². The van der Waals surface area contributed by atoms with Crippen LogP contribution in [0.5, 0.6) is 0 Å². The first kappa shape index (κ1) is 19.3. The average Bonchev–Trinajstić information content (AvgIpc) is 3.17. The predicted molar refractivity (Wildman–Crippen MR) is 104 cm³/mol. The summed E-state index contributed by atoms with van der Waals surface area (Å²) in [6, 6.07) is 12.9. The molecule has 3 rings (SSSR count). The van der Waals surface area contributed by atoms with Crippen LogP contribution in [0.2, 0.25) is 0 Å². The van der Waals surface area contributed by atoms with Gasteiger partial charge in [-0.1, -0.05) is 29.3 Å². The normalized spacial score (nSPS) is 10.5. The van der Waals surface area contributed by atoms with Gasteiger partial charge in [-0.05, 0) is 38.1 Å². The van der Waals surface area contributed by atoms with Gasteiger partial charge in [0.15, 0.2) is 0 Å². The van der Waals surface area contributed by atoms with Gasteiger partial charge in [0.25, 0.3) is 0 Å². The van der Waals surface area contributed by atoms with Gasteiger partial charge in [-0.25, -0.2) is 4.79 Å². The van der Waals surface area contributed by atoms with Crippen LogP contribution >= 0.6 is 0 Å². The zero-order valence-corrected chi connectivity index (χ0v) is 16.0. The molecule has 0 unspecified atom stereocenters. The van der Waals surface area contributed by atoms with Crippen molar-refractivity contribution in [1.29, 1.82) is 0 Å². The lowest BCUT2D eigenvalue weighted by molar-refractivity contribution is -0.116. The summed E-state index contributed by atoms with van der Waals surface area (Å²) in [7, 11) is 1.30. The lowest BCUT2D eigenvalue weighted by Gasteiger charge is -2.10. The van der Waals surface area contributed by atoms with Crippen LogP contribution in [0.1, 0.15) is 33.8 Å². The van der Waals surface area contributed by atoms with Crippen molar-refractivity contribution in [3.05, 3.63) is 65.0 Å². The minimum atomic E-state index is -0.501. The molecule has 0 saturated carbocycles. The van der Waals surface area contributed by atoms with Crippen LogP contribution < -0.4 is 5.32 Å². The van der Waals surface area contributed by atoms with E-state index in [9.17, 15) is 9.59 Å². The van der Waals surface area contributed by atoms with Gasteiger partial charge in [0.2, 0.25) is 17.7 Å². The standard InChI is InChI=1S/C21H21N3O4/c1-13-4-7-15(8-5-13)20-24-23-19(28-20)11-10-18(25)22-17-9-6-14(2)12-16(17)21(26)27-3/h4-9,12H,10-11H2,1-3H3,(H,22,25). The molecule has 0 fully saturated rings. The fraction of sp³-hybridized carbons (Fsp3) is 0.238. The van der Waals surface area contributed by atoms with Crippen molar-refractivity contribution in [2.75, 3.05) is 12.4 Å². The number of ether oxygens (including phenoxy) is 1. The number of nitrogens with zero attached hydrogens (tertiary/aromatic N) is 2. The van der Waals surface area contributed by atoms with Crippen molar-refractivity contribution >= 4 is 17.6 Å². The van der Waals surface area contributed by atoms with Crippen LogP contribution in [0, 0.1) is 13.8 Å². The molecule has 7 nitrogen and oxygen atoms in total. The molecule has 0 radical (unpaired) electrons. The number of benzene rings is 2. The Bertz CT molecular complexity index is 993. The van der Waals surface area contributed by atoms with E-state index in [0.29, 0.717) is 29.5 Å². The van der Waals surface area contributed by atoms with E-state index in [-0.39, 0.29) is 12.3 Å². The van der Waals surface area contributed by atoms with Gasteiger partial charge in [-0.15, -0.1) is 10.2 Å². The zero-order valence-electron chi connectivity index (χ0n) is 16.0. The summed E-state index contributed by atoms with van der Waals surface area (Å²) < 4.78 is 10.4. The van der Waals surface area contributed by atoms with E-state index in [2.05, 4.69) is 15.5 Å². The Morgan fingerprint density at radius 2 is 1.75 bits per heavy atom. The van der Waals surface area contributed by atoms with E-state index < -0.39 is 5.97 Å². The first-order valence-electron chi connectivity index (χ1n) is 8.84. The van der Waals surface area contributed by atoms with Crippen LogP contribution in [0.15, 0.2) is 46.9 Å². The fourth-order valence-electron chi connectivity index (χ4n) is 2.65. The summed E-state index contributed by atoms with van der Waals surface area (Å²) in [4.78, 5) is 24.2. The predicted octanol–water partition coefficient (Wildman–Crippen LogP) is 3.71. The molecule has 2 aromatic carbocycles. The molecule has 0 aliphatic rings. The Labute approximate surface area is 162 Å². The second-order valence-electron chi connectivity index (χ2n) is 6.46. The molecule has 144 valence electrons. The third-order valence-corrected chi connectivity index (χ3v) is 4.19. The smallest absolute Gasteiger partial charge is 0.339 e. The monoisotopic (exact) mass is 379 g/mol. The summed E-state index contributed by atoms with van der Waals surface area (Å²) in [5.41, 5.74) is 3.59. The maximum Gasteiger partial charge on any atom is 0.339 e. The van der Waals surface area contributed by atoms with Crippen LogP contribution in [-0.2, 0) is 16.0 Å². The molecule has 28 heavy (non-hydrogen) atoms. The maximum absolute atomic E-state index is 12.3. The minimum absolute atomic E-state index is 0.143. The highest BCUT2D eigenvalue weighted by molar-refractivity contribution is 6.01. The molecule has 7 heteroatoms. The first-order valence-corrected chi connectivity index (χ1v) is 8.84. The van der Waals surface area contributed by atoms with Crippen LogP contribution in [-0.4, -0.2) is 29.2 Å². The molecule has 0 aliphatic heterocycles. The van der Waals surface area contributed by atoms with Crippen molar-refractivity contribution in [2.24, 2.45) is 0 Å². The minimum Gasteiger partial charge on any atom is -0.465 e. The molecular formula is C21H21N3O4. The summed E-state index contributed by atoms with van der Waals surface area (Å²) in [5, 5.41) is 10.8. The Morgan fingerprint density at radius 1 is 1.04 bits per heavy atom. The van der Waals surface area contributed by atoms with Crippen molar-refractivity contribution < 1.29 is 18.7 Å². The van der Waals surface area contributed by atoms with Crippen molar-refractivity contribution in [3.63, 3.8) is 0 Å². The molecule has 0 saturated heterocycles.